The largest absolute Gasteiger partial charge is 0.351 e. The van der Waals surface area contributed by atoms with Crippen molar-refractivity contribution in [2.45, 2.75) is 13.0 Å². The molecule has 2 N–H and O–H groups in total. The number of fused-ring (bicyclic) bond motifs is 1. The highest BCUT2D eigenvalue weighted by Crippen LogP contribution is 2.35. The van der Waals surface area contributed by atoms with Gasteiger partial charge in [0.2, 0.25) is 0 Å². The number of rotatable bonds is 3. The summed E-state index contributed by atoms with van der Waals surface area (Å²) >= 11 is 0. The summed E-state index contributed by atoms with van der Waals surface area (Å²) in [5.74, 6) is 0.964. The second-order valence-electron chi connectivity index (χ2n) is 7.14. The van der Waals surface area contributed by atoms with E-state index < -0.39 is 0 Å². The third-order valence-corrected chi connectivity index (χ3v) is 5.36. The van der Waals surface area contributed by atoms with Crippen LogP contribution in [0.4, 0.5) is 5.82 Å². The Kier molecular flexibility index (Phi) is 4.05. The van der Waals surface area contributed by atoms with Crippen LogP contribution in [0.3, 0.4) is 0 Å². The molecule has 28 heavy (non-hydrogen) atoms. The molecule has 1 unspecified atom stereocenters. The summed E-state index contributed by atoms with van der Waals surface area (Å²) in [4.78, 5) is 12.0. The van der Waals surface area contributed by atoms with Crippen molar-refractivity contribution in [1.82, 2.24) is 35.3 Å². The molecular weight excluding hydrogens is 352 g/mol. The molecule has 0 bridgehead atoms. The molecule has 5 rings (SSSR count). The molecule has 0 spiro atoms. The van der Waals surface area contributed by atoms with Crippen LogP contribution in [0.2, 0.25) is 0 Å². The van der Waals surface area contributed by atoms with Crippen molar-refractivity contribution in [3.8, 4) is 22.6 Å². The van der Waals surface area contributed by atoms with Gasteiger partial charge in [-0.25, -0.2) is 4.98 Å². The van der Waals surface area contributed by atoms with E-state index in [1.165, 1.54) is 0 Å². The maximum absolute atomic E-state index is 5.06. The lowest BCUT2D eigenvalue weighted by Crippen LogP contribution is -2.50. The average molecular weight is 374 g/mol. The summed E-state index contributed by atoms with van der Waals surface area (Å²) in [5, 5.41) is 16.0. The minimum atomic E-state index is 0.366. The molecule has 0 aliphatic carbocycles. The van der Waals surface area contributed by atoms with Crippen molar-refractivity contribution < 1.29 is 0 Å². The molecule has 8 heteroatoms. The minimum Gasteiger partial charge on any atom is -0.351 e. The molecule has 0 saturated carbocycles. The van der Waals surface area contributed by atoms with Gasteiger partial charge in [-0.1, -0.05) is 0 Å². The standard InChI is InChI=1S/C20H22N8/c1-13-12-21-9-10-28(13)18-11-15(17-5-8-24-27(17)2)14-3-6-22-20(19(14)25-18)16-4-7-23-26-16/h3-8,11,13,21H,9-10,12H2,1-2H3,(H,23,26). The van der Waals surface area contributed by atoms with E-state index in [-0.39, 0.29) is 0 Å². The van der Waals surface area contributed by atoms with Crippen LogP contribution in [0.15, 0.2) is 42.9 Å². The summed E-state index contributed by atoms with van der Waals surface area (Å²) in [6, 6.07) is 8.53. The minimum absolute atomic E-state index is 0.366. The monoisotopic (exact) mass is 374 g/mol. The summed E-state index contributed by atoms with van der Waals surface area (Å²) in [5.41, 5.74) is 4.70. The highest BCUT2D eigenvalue weighted by molar-refractivity contribution is 6.01. The molecule has 0 radical (unpaired) electrons. The van der Waals surface area contributed by atoms with Crippen molar-refractivity contribution in [3.05, 3.63) is 42.9 Å². The van der Waals surface area contributed by atoms with Crippen LogP contribution < -0.4 is 10.2 Å². The number of anilines is 1. The fourth-order valence-electron chi connectivity index (χ4n) is 3.90. The van der Waals surface area contributed by atoms with Crippen LogP contribution in [0.25, 0.3) is 33.5 Å². The number of aromatic nitrogens is 6. The van der Waals surface area contributed by atoms with Crippen molar-refractivity contribution in [2.24, 2.45) is 7.05 Å². The van der Waals surface area contributed by atoms with E-state index in [1.807, 2.05) is 42.3 Å². The lowest BCUT2D eigenvalue weighted by Gasteiger charge is -2.35. The van der Waals surface area contributed by atoms with Crippen molar-refractivity contribution >= 4 is 16.7 Å². The fraction of sp³-hybridized carbons (Fsp3) is 0.300. The van der Waals surface area contributed by atoms with Gasteiger partial charge in [0.05, 0.1) is 11.4 Å². The zero-order valence-electron chi connectivity index (χ0n) is 15.9. The number of pyridine rings is 2. The SMILES string of the molecule is CC1CNCCN1c1cc(-c2ccnn2C)c2ccnc(-c3ccn[nH]3)c2n1. The Bertz CT molecular complexity index is 1110. The van der Waals surface area contributed by atoms with E-state index in [4.69, 9.17) is 4.98 Å². The number of hydrogen-bond acceptors (Lipinski definition) is 6. The maximum atomic E-state index is 5.06. The van der Waals surface area contributed by atoms with E-state index >= 15 is 0 Å². The van der Waals surface area contributed by atoms with Gasteiger partial charge in [-0.2, -0.15) is 10.2 Å². The first-order valence-electron chi connectivity index (χ1n) is 9.47. The lowest BCUT2D eigenvalue weighted by molar-refractivity contribution is 0.497. The zero-order valence-corrected chi connectivity index (χ0v) is 15.9. The van der Waals surface area contributed by atoms with Crippen LogP contribution in [0, 0.1) is 0 Å². The predicted octanol–water partition coefficient (Wildman–Crippen LogP) is 2.22. The Balaban J connectivity index is 1.79. The van der Waals surface area contributed by atoms with E-state index in [2.05, 4.69) is 43.5 Å². The van der Waals surface area contributed by atoms with Gasteiger partial charge in [0.15, 0.2) is 0 Å². The quantitative estimate of drug-likeness (QED) is 0.572. The molecule has 1 atom stereocenters. The van der Waals surface area contributed by atoms with Crippen LogP contribution in [-0.2, 0) is 7.05 Å². The highest BCUT2D eigenvalue weighted by atomic mass is 15.3. The molecule has 1 aliphatic heterocycles. The third-order valence-electron chi connectivity index (χ3n) is 5.36. The van der Waals surface area contributed by atoms with Gasteiger partial charge in [0.1, 0.15) is 17.0 Å². The molecule has 1 saturated heterocycles. The topological polar surface area (TPSA) is 87.5 Å². The first-order chi connectivity index (χ1) is 13.7. The Labute approximate surface area is 162 Å². The fourth-order valence-corrected chi connectivity index (χ4v) is 3.90. The number of nitrogens with one attached hydrogen (secondary N) is 2. The normalized spacial score (nSPS) is 17.4. The molecule has 4 aromatic rings. The van der Waals surface area contributed by atoms with Crippen molar-refractivity contribution in [2.75, 3.05) is 24.5 Å². The Morgan fingerprint density at radius 3 is 2.82 bits per heavy atom. The number of nitrogens with zero attached hydrogens (tertiary/aromatic N) is 6. The Morgan fingerprint density at radius 1 is 1.14 bits per heavy atom. The van der Waals surface area contributed by atoms with Gasteiger partial charge in [0, 0.05) is 62.3 Å². The number of H-pyrrole nitrogens is 1. The molecule has 8 nitrogen and oxygen atoms in total. The van der Waals surface area contributed by atoms with E-state index in [1.54, 1.807) is 6.20 Å². The third kappa shape index (κ3) is 2.73. The van der Waals surface area contributed by atoms with Gasteiger partial charge < -0.3 is 10.2 Å². The highest BCUT2D eigenvalue weighted by Gasteiger charge is 2.23. The van der Waals surface area contributed by atoms with E-state index in [0.29, 0.717) is 6.04 Å². The molecule has 1 aliphatic rings. The second-order valence-corrected chi connectivity index (χ2v) is 7.14. The molecule has 142 valence electrons. The molecule has 0 aromatic carbocycles. The van der Waals surface area contributed by atoms with Crippen LogP contribution >= 0.6 is 0 Å². The summed E-state index contributed by atoms with van der Waals surface area (Å²) in [6.45, 7) is 5.04. The molecular formula is C20H22N8. The molecule has 1 fully saturated rings. The zero-order chi connectivity index (χ0) is 19.1. The molecule has 4 aromatic heterocycles. The van der Waals surface area contributed by atoms with E-state index in [0.717, 1.165) is 59.0 Å². The Morgan fingerprint density at radius 2 is 2.07 bits per heavy atom. The van der Waals surface area contributed by atoms with Gasteiger partial charge in [-0.05, 0) is 31.2 Å². The van der Waals surface area contributed by atoms with Crippen LogP contribution in [0.5, 0.6) is 0 Å². The predicted molar refractivity (Wildman–Crippen MR) is 109 cm³/mol. The first kappa shape index (κ1) is 16.9. The maximum Gasteiger partial charge on any atom is 0.130 e. The van der Waals surface area contributed by atoms with Crippen molar-refractivity contribution in [3.63, 3.8) is 0 Å². The molecule has 5 heterocycles. The molecule has 0 amide bonds. The van der Waals surface area contributed by atoms with E-state index in [9.17, 15) is 0 Å². The smallest absolute Gasteiger partial charge is 0.130 e. The summed E-state index contributed by atoms with van der Waals surface area (Å²) in [6.07, 6.45) is 5.39. The summed E-state index contributed by atoms with van der Waals surface area (Å²) in [7, 11) is 1.96. The van der Waals surface area contributed by atoms with Gasteiger partial charge in [-0.15, -0.1) is 0 Å². The average Bonchev–Trinajstić information content (AvgIpc) is 3.39. The number of aryl methyl sites for hydroxylation is 1. The first-order valence-corrected chi connectivity index (χ1v) is 9.47. The number of aromatic amines is 1. The summed E-state index contributed by atoms with van der Waals surface area (Å²) < 4.78 is 1.90. The number of piperazine rings is 1. The second kappa shape index (κ2) is 6.72. The van der Waals surface area contributed by atoms with Crippen LogP contribution in [0.1, 0.15) is 6.92 Å². The van der Waals surface area contributed by atoms with Gasteiger partial charge in [0.25, 0.3) is 0 Å². The van der Waals surface area contributed by atoms with Crippen molar-refractivity contribution in [1.29, 1.82) is 0 Å². The van der Waals surface area contributed by atoms with Gasteiger partial charge >= 0.3 is 0 Å². The Hall–Kier alpha value is -3.26. The number of hydrogen-bond donors (Lipinski definition) is 2. The van der Waals surface area contributed by atoms with Crippen LogP contribution in [-0.4, -0.2) is 55.6 Å². The lowest BCUT2D eigenvalue weighted by atomic mass is 10.0. The van der Waals surface area contributed by atoms with Gasteiger partial charge in [-0.3, -0.25) is 14.8 Å².